The van der Waals surface area contributed by atoms with Crippen molar-refractivity contribution in [2.45, 2.75) is 19.4 Å². The summed E-state index contributed by atoms with van der Waals surface area (Å²) in [6.45, 7) is 2.65. The number of hydrogen-bond acceptors (Lipinski definition) is 5. The van der Waals surface area contributed by atoms with Crippen LogP contribution < -0.4 is 0 Å². The maximum absolute atomic E-state index is 11.1. The number of ketones is 1. The quantitative estimate of drug-likeness (QED) is 0.478. The summed E-state index contributed by atoms with van der Waals surface area (Å²) in [7, 11) is -0.321. The van der Waals surface area contributed by atoms with E-state index in [1.165, 1.54) is 21.0 Å². The van der Waals surface area contributed by atoms with Crippen LogP contribution in [-0.2, 0) is 23.2 Å². The van der Waals surface area contributed by atoms with Crippen molar-refractivity contribution < 1.29 is 23.2 Å². The Kier molecular flexibility index (Phi) is 2.46. The van der Waals surface area contributed by atoms with Gasteiger partial charge in [0.2, 0.25) is 5.60 Å². The minimum atomic E-state index is -1.67. The second-order valence-electron chi connectivity index (χ2n) is 2.47. The Labute approximate surface area is 71.0 Å². The molecule has 12 heavy (non-hydrogen) atoms. The molecular weight excluding hydrogens is 183 g/mol. The zero-order valence-electron chi connectivity index (χ0n) is 6.99. The van der Waals surface area contributed by atoms with Crippen LogP contribution in [0.1, 0.15) is 13.8 Å². The highest BCUT2D eigenvalue weighted by Gasteiger charge is 2.52. The number of Topliss-reactive ketones (excluding diaryl/α,β-unsaturated/α-hetero) is 1. The van der Waals surface area contributed by atoms with Crippen LogP contribution in [-0.4, -0.2) is 24.5 Å². The fourth-order valence-electron chi connectivity index (χ4n) is 0.642. The minimum absolute atomic E-state index is 0.380. The summed E-state index contributed by atoms with van der Waals surface area (Å²) in [6.07, 6.45) is 0. The Hall–Kier alpha value is -0.510. The van der Waals surface area contributed by atoms with E-state index in [0.29, 0.717) is 0 Å². The van der Waals surface area contributed by atoms with Gasteiger partial charge < -0.3 is 9.05 Å². The van der Waals surface area contributed by atoms with Crippen LogP contribution in [0.3, 0.4) is 0 Å². The van der Waals surface area contributed by atoms with E-state index in [-0.39, 0.29) is 5.78 Å². The molecule has 1 saturated heterocycles. The predicted octanol–water partition coefficient (Wildman–Crippen LogP) is 0.781. The Morgan fingerprint density at radius 2 is 2.25 bits per heavy atom. The van der Waals surface area contributed by atoms with Crippen molar-refractivity contribution in [1.29, 1.82) is 0 Å². The van der Waals surface area contributed by atoms with Crippen LogP contribution in [0.25, 0.3) is 0 Å². The van der Waals surface area contributed by atoms with Crippen LogP contribution in [0.15, 0.2) is 0 Å². The van der Waals surface area contributed by atoms with Crippen molar-refractivity contribution in [1.82, 2.24) is 0 Å². The molecular formula is C6H9O5P. The third kappa shape index (κ3) is 1.35. The van der Waals surface area contributed by atoms with Crippen molar-refractivity contribution >= 4 is 20.4 Å². The molecule has 0 bridgehead atoms. The van der Waals surface area contributed by atoms with Gasteiger partial charge in [-0.25, -0.2) is 4.79 Å². The van der Waals surface area contributed by atoms with Crippen LogP contribution >= 0.6 is 8.60 Å². The molecule has 0 radical (unpaired) electrons. The minimum Gasteiger partial charge on any atom is -0.392 e. The van der Waals surface area contributed by atoms with Gasteiger partial charge in [0.05, 0.1) is 0 Å². The summed E-state index contributed by atoms with van der Waals surface area (Å²) in [5.74, 6) is -1.06. The molecule has 1 aliphatic heterocycles. The number of hydrogen-bond donors (Lipinski definition) is 0. The summed E-state index contributed by atoms with van der Waals surface area (Å²) in [5, 5.41) is 0. The lowest BCUT2D eigenvalue weighted by Gasteiger charge is -2.12. The van der Waals surface area contributed by atoms with E-state index in [2.05, 4.69) is 9.05 Å². The Morgan fingerprint density at radius 3 is 2.50 bits per heavy atom. The zero-order valence-corrected chi connectivity index (χ0v) is 7.88. The number of carbonyl (C=O) groups excluding carboxylic acids is 2. The highest BCUT2D eigenvalue weighted by Crippen LogP contribution is 2.50. The first-order valence-electron chi connectivity index (χ1n) is 3.27. The topological polar surface area (TPSA) is 61.8 Å². The van der Waals surface area contributed by atoms with Gasteiger partial charge in [0.15, 0.2) is 5.78 Å². The molecule has 6 heteroatoms. The largest absolute Gasteiger partial charge is 0.400 e. The molecule has 1 fully saturated rings. The second-order valence-corrected chi connectivity index (χ2v) is 3.64. The molecule has 2 unspecified atom stereocenters. The lowest BCUT2D eigenvalue weighted by molar-refractivity contribution is -0.149. The van der Waals surface area contributed by atoms with Crippen molar-refractivity contribution in [3.63, 3.8) is 0 Å². The Balaban J connectivity index is 2.81. The molecule has 0 aromatic heterocycles. The van der Waals surface area contributed by atoms with Gasteiger partial charge in [0.25, 0.3) is 0 Å². The van der Waals surface area contributed by atoms with E-state index in [1.807, 2.05) is 0 Å². The van der Waals surface area contributed by atoms with Gasteiger partial charge in [-0.2, -0.15) is 0 Å². The van der Waals surface area contributed by atoms with Gasteiger partial charge in [0, 0.05) is 7.11 Å². The lowest BCUT2D eigenvalue weighted by atomic mass is 10.0. The molecule has 0 spiro atoms. The maximum Gasteiger partial charge on any atom is 0.400 e. The molecule has 0 amide bonds. The van der Waals surface area contributed by atoms with E-state index in [4.69, 9.17) is 4.52 Å². The van der Waals surface area contributed by atoms with E-state index in [0.717, 1.165) is 0 Å². The Bertz CT molecular complexity index is 228. The summed E-state index contributed by atoms with van der Waals surface area (Å²) < 4.78 is 14.3. The van der Waals surface area contributed by atoms with Gasteiger partial charge in [-0.1, -0.05) is 0 Å². The van der Waals surface area contributed by atoms with Crippen LogP contribution in [0, 0.1) is 0 Å². The summed E-state index contributed by atoms with van der Waals surface area (Å²) in [4.78, 5) is 22.0. The van der Waals surface area contributed by atoms with Gasteiger partial charge in [0.1, 0.15) is 0 Å². The monoisotopic (exact) mass is 192 g/mol. The first-order chi connectivity index (χ1) is 5.50. The Morgan fingerprint density at radius 1 is 1.67 bits per heavy atom. The fraction of sp³-hybridized carbons (Fsp3) is 0.667. The normalized spacial score (nSPS) is 34.9. The molecule has 1 aliphatic rings. The molecule has 68 valence electrons. The highest BCUT2D eigenvalue weighted by molar-refractivity contribution is 7.43. The average molecular weight is 192 g/mol. The van der Waals surface area contributed by atoms with Crippen molar-refractivity contribution in [2.75, 3.05) is 7.11 Å². The van der Waals surface area contributed by atoms with Gasteiger partial charge in [-0.3, -0.25) is 9.32 Å². The zero-order chi connectivity index (χ0) is 9.35. The van der Waals surface area contributed by atoms with E-state index in [1.54, 1.807) is 0 Å². The molecule has 1 heterocycles. The first kappa shape index (κ1) is 9.58. The van der Waals surface area contributed by atoms with E-state index in [9.17, 15) is 9.59 Å². The third-order valence-corrected chi connectivity index (χ3v) is 2.75. The third-order valence-electron chi connectivity index (χ3n) is 1.62. The lowest BCUT2D eigenvalue weighted by Crippen LogP contribution is -2.39. The summed E-state index contributed by atoms with van der Waals surface area (Å²) in [6, 6.07) is 0. The van der Waals surface area contributed by atoms with Gasteiger partial charge in [-0.05, 0) is 13.8 Å². The standard InChI is InChI=1S/C6H9O5P/c1-4(7)6(2)5(8)10-12(9-3)11-6/h1-3H3. The van der Waals surface area contributed by atoms with Crippen molar-refractivity contribution in [3.8, 4) is 0 Å². The molecule has 1 rings (SSSR count). The molecule has 0 saturated carbocycles. The van der Waals surface area contributed by atoms with Crippen LogP contribution in [0.5, 0.6) is 0 Å². The predicted molar refractivity (Wildman–Crippen MR) is 40.2 cm³/mol. The van der Waals surface area contributed by atoms with Crippen LogP contribution in [0.2, 0.25) is 0 Å². The molecule has 0 aromatic carbocycles. The fourth-order valence-corrected chi connectivity index (χ4v) is 1.64. The van der Waals surface area contributed by atoms with E-state index < -0.39 is 20.2 Å². The second kappa shape index (κ2) is 3.09. The molecule has 0 aromatic rings. The van der Waals surface area contributed by atoms with Crippen LogP contribution in [0.4, 0.5) is 0 Å². The summed E-state index contributed by atoms with van der Waals surface area (Å²) in [5.41, 5.74) is -1.47. The smallest absolute Gasteiger partial charge is 0.392 e. The molecule has 0 N–H and O–H groups in total. The van der Waals surface area contributed by atoms with E-state index >= 15 is 0 Å². The average Bonchev–Trinajstić information content (AvgIpc) is 2.29. The van der Waals surface area contributed by atoms with Crippen molar-refractivity contribution in [2.24, 2.45) is 0 Å². The maximum atomic E-state index is 11.1. The number of carbonyl (C=O) groups is 2. The first-order valence-corrected chi connectivity index (χ1v) is 4.37. The van der Waals surface area contributed by atoms with Crippen molar-refractivity contribution in [3.05, 3.63) is 0 Å². The molecule has 0 aliphatic carbocycles. The highest BCUT2D eigenvalue weighted by atomic mass is 31.2. The SMILES string of the molecule is COP1OC(=O)C(C)(C(C)=O)O1. The van der Waals surface area contributed by atoms with Gasteiger partial charge in [-0.15, -0.1) is 0 Å². The summed E-state index contributed by atoms with van der Waals surface area (Å²) >= 11 is 0. The molecule has 5 nitrogen and oxygen atoms in total. The van der Waals surface area contributed by atoms with Gasteiger partial charge >= 0.3 is 14.6 Å². The molecule has 2 atom stereocenters. The number of rotatable bonds is 2.